The third-order valence-corrected chi connectivity index (χ3v) is 3.85. The number of hydrogen-bond acceptors (Lipinski definition) is 3. The first-order valence-electron chi connectivity index (χ1n) is 7.55. The molecule has 1 saturated heterocycles. The SMILES string of the molecule is C=CC(=O)N1CCC(CNC(=O)OCc2ccccc2)CC1. The molecule has 1 aromatic rings. The van der Waals surface area contributed by atoms with E-state index in [9.17, 15) is 9.59 Å². The topological polar surface area (TPSA) is 58.6 Å². The summed E-state index contributed by atoms with van der Waals surface area (Å²) in [5.74, 6) is 0.367. The highest BCUT2D eigenvalue weighted by atomic mass is 16.5. The number of benzene rings is 1. The van der Waals surface area contributed by atoms with Crippen LogP contribution in [0.4, 0.5) is 4.79 Å². The smallest absolute Gasteiger partial charge is 0.407 e. The van der Waals surface area contributed by atoms with Crippen molar-refractivity contribution in [2.45, 2.75) is 19.4 Å². The lowest BCUT2D eigenvalue weighted by atomic mass is 9.97. The molecule has 0 atom stereocenters. The molecule has 1 aromatic carbocycles. The van der Waals surface area contributed by atoms with Crippen LogP contribution < -0.4 is 5.32 Å². The lowest BCUT2D eigenvalue weighted by Crippen LogP contribution is -2.41. The van der Waals surface area contributed by atoms with E-state index in [0.29, 0.717) is 12.5 Å². The van der Waals surface area contributed by atoms with Crippen molar-refractivity contribution in [1.82, 2.24) is 10.2 Å². The molecule has 0 aromatic heterocycles. The first-order chi connectivity index (χ1) is 10.7. The second-order valence-corrected chi connectivity index (χ2v) is 5.42. The van der Waals surface area contributed by atoms with Gasteiger partial charge in [0.2, 0.25) is 5.91 Å². The maximum absolute atomic E-state index is 11.7. The van der Waals surface area contributed by atoms with E-state index in [1.54, 1.807) is 4.90 Å². The quantitative estimate of drug-likeness (QED) is 0.849. The van der Waals surface area contributed by atoms with Crippen LogP contribution in [0.25, 0.3) is 0 Å². The van der Waals surface area contributed by atoms with Crippen LogP contribution >= 0.6 is 0 Å². The number of ether oxygens (including phenoxy) is 1. The summed E-state index contributed by atoms with van der Waals surface area (Å²) in [6.07, 6.45) is 2.73. The Morgan fingerprint density at radius 1 is 1.27 bits per heavy atom. The van der Waals surface area contributed by atoms with Crippen LogP contribution in [0, 0.1) is 5.92 Å². The van der Waals surface area contributed by atoms with Crippen LogP contribution in [0.5, 0.6) is 0 Å². The molecule has 0 unspecified atom stereocenters. The van der Waals surface area contributed by atoms with Gasteiger partial charge in [-0.1, -0.05) is 36.9 Å². The zero-order chi connectivity index (χ0) is 15.8. The van der Waals surface area contributed by atoms with E-state index in [4.69, 9.17) is 4.74 Å². The number of rotatable bonds is 5. The lowest BCUT2D eigenvalue weighted by molar-refractivity contribution is -0.127. The van der Waals surface area contributed by atoms with Crippen LogP contribution in [0.15, 0.2) is 43.0 Å². The number of nitrogens with one attached hydrogen (secondary N) is 1. The number of likely N-dealkylation sites (tertiary alicyclic amines) is 1. The fourth-order valence-corrected chi connectivity index (χ4v) is 2.49. The van der Waals surface area contributed by atoms with Crippen LogP contribution in [0.3, 0.4) is 0 Å². The van der Waals surface area contributed by atoms with Crippen molar-refractivity contribution >= 4 is 12.0 Å². The van der Waals surface area contributed by atoms with Crippen molar-refractivity contribution in [3.8, 4) is 0 Å². The van der Waals surface area contributed by atoms with Gasteiger partial charge >= 0.3 is 6.09 Å². The van der Waals surface area contributed by atoms with Crippen molar-refractivity contribution in [3.05, 3.63) is 48.6 Å². The summed E-state index contributed by atoms with van der Waals surface area (Å²) in [7, 11) is 0. The summed E-state index contributed by atoms with van der Waals surface area (Å²) >= 11 is 0. The average molecular weight is 302 g/mol. The molecule has 5 heteroatoms. The van der Waals surface area contributed by atoms with Gasteiger partial charge in [-0.3, -0.25) is 4.79 Å². The highest BCUT2D eigenvalue weighted by molar-refractivity contribution is 5.87. The number of hydrogen-bond donors (Lipinski definition) is 1. The molecular formula is C17H22N2O3. The van der Waals surface area contributed by atoms with Gasteiger partial charge in [0.15, 0.2) is 0 Å². The maximum Gasteiger partial charge on any atom is 0.407 e. The van der Waals surface area contributed by atoms with Crippen molar-refractivity contribution in [2.75, 3.05) is 19.6 Å². The molecule has 0 bridgehead atoms. The van der Waals surface area contributed by atoms with Crippen molar-refractivity contribution in [2.24, 2.45) is 5.92 Å². The molecule has 2 amide bonds. The number of carbonyl (C=O) groups excluding carboxylic acids is 2. The predicted octanol–water partition coefficient (Wildman–Crippen LogP) is 2.34. The lowest BCUT2D eigenvalue weighted by Gasteiger charge is -2.31. The summed E-state index contributed by atoms with van der Waals surface area (Å²) in [5, 5.41) is 2.80. The van der Waals surface area contributed by atoms with E-state index < -0.39 is 6.09 Å². The predicted molar refractivity (Wildman–Crippen MR) is 84.1 cm³/mol. The monoisotopic (exact) mass is 302 g/mol. The summed E-state index contributed by atoms with van der Waals surface area (Å²) in [5.41, 5.74) is 0.967. The standard InChI is InChI=1S/C17H22N2O3/c1-2-16(20)19-10-8-14(9-11-19)12-18-17(21)22-13-15-6-4-3-5-7-15/h2-7,14H,1,8-13H2,(H,18,21). The number of carbonyl (C=O) groups is 2. The fourth-order valence-electron chi connectivity index (χ4n) is 2.49. The summed E-state index contributed by atoms with van der Waals surface area (Å²) < 4.78 is 5.17. The minimum absolute atomic E-state index is 0.0197. The highest BCUT2D eigenvalue weighted by Crippen LogP contribution is 2.16. The second-order valence-electron chi connectivity index (χ2n) is 5.42. The average Bonchev–Trinajstić information content (AvgIpc) is 2.58. The maximum atomic E-state index is 11.7. The molecular weight excluding hydrogens is 280 g/mol. The van der Waals surface area contributed by atoms with Crippen LogP contribution in [0.2, 0.25) is 0 Å². The molecule has 0 radical (unpaired) electrons. The second kappa shape index (κ2) is 8.22. The van der Waals surface area contributed by atoms with Crippen molar-refractivity contribution in [1.29, 1.82) is 0 Å². The molecule has 22 heavy (non-hydrogen) atoms. The van der Waals surface area contributed by atoms with Gasteiger partial charge in [-0.2, -0.15) is 0 Å². The minimum atomic E-state index is -0.395. The number of alkyl carbamates (subject to hydrolysis) is 1. The Hall–Kier alpha value is -2.30. The Balaban J connectivity index is 1.63. The Bertz CT molecular complexity index is 508. The first-order valence-corrected chi connectivity index (χ1v) is 7.55. The van der Waals surface area contributed by atoms with Gasteiger partial charge in [-0.05, 0) is 30.4 Å². The molecule has 1 heterocycles. The van der Waals surface area contributed by atoms with E-state index in [1.807, 2.05) is 30.3 Å². The van der Waals surface area contributed by atoms with E-state index in [0.717, 1.165) is 31.5 Å². The van der Waals surface area contributed by atoms with E-state index in [-0.39, 0.29) is 12.5 Å². The third kappa shape index (κ3) is 4.91. The largest absolute Gasteiger partial charge is 0.445 e. The highest BCUT2D eigenvalue weighted by Gasteiger charge is 2.21. The summed E-state index contributed by atoms with van der Waals surface area (Å²) in [6.45, 7) is 5.80. The normalized spacial score (nSPS) is 15.2. The molecule has 118 valence electrons. The fraction of sp³-hybridized carbons (Fsp3) is 0.412. The van der Waals surface area contributed by atoms with Crippen molar-refractivity contribution in [3.63, 3.8) is 0 Å². The van der Waals surface area contributed by atoms with Crippen molar-refractivity contribution < 1.29 is 14.3 Å². The molecule has 1 aliphatic heterocycles. The minimum Gasteiger partial charge on any atom is -0.445 e. The van der Waals surface area contributed by atoms with Gasteiger partial charge in [-0.15, -0.1) is 0 Å². The van der Waals surface area contributed by atoms with Gasteiger partial charge in [-0.25, -0.2) is 4.79 Å². The van der Waals surface area contributed by atoms with Gasteiger partial charge < -0.3 is 15.0 Å². The first kappa shape index (κ1) is 16.1. The molecule has 1 N–H and O–H groups in total. The van der Waals surface area contributed by atoms with Gasteiger partial charge in [0.1, 0.15) is 6.61 Å². The Morgan fingerprint density at radius 2 is 1.95 bits per heavy atom. The number of amides is 2. The zero-order valence-corrected chi connectivity index (χ0v) is 12.7. The molecule has 0 aliphatic carbocycles. The van der Waals surface area contributed by atoms with E-state index >= 15 is 0 Å². The van der Waals surface area contributed by atoms with E-state index in [1.165, 1.54) is 6.08 Å². The molecule has 0 saturated carbocycles. The summed E-state index contributed by atoms with van der Waals surface area (Å²) in [4.78, 5) is 24.9. The van der Waals surface area contributed by atoms with Crippen LogP contribution in [-0.4, -0.2) is 36.5 Å². The molecule has 1 aliphatic rings. The van der Waals surface area contributed by atoms with Gasteiger partial charge in [0.25, 0.3) is 0 Å². The number of nitrogens with zero attached hydrogens (tertiary/aromatic N) is 1. The Kier molecular flexibility index (Phi) is 6.01. The Morgan fingerprint density at radius 3 is 2.59 bits per heavy atom. The molecule has 2 rings (SSSR count). The van der Waals surface area contributed by atoms with Crippen LogP contribution in [-0.2, 0) is 16.1 Å². The van der Waals surface area contributed by atoms with E-state index in [2.05, 4.69) is 11.9 Å². The number of piperidine rings is 1. The zero-order valence-electron chi connectivity index (χ0n) is 12.7. The Labute approximate surface area is 130 Å². The van der Waals surface area contributed by atoms with Crippen LogP contribution in [0.1, 0.15) is 18.4 Å². The molecule has 5 nitrogen and oxygen atoms in total. The van der Waals surface area contributed by atoms with Gasteiger partial charge in [0.05, 0.1) is 0 Å². The molecule has 1 fully saturated rings. The molecule has 0 spiro atoms. The third-order valence-electron chi connectivity index (χ3n) is 3.85. The summed E-state index contributed by atoms with van der Waals surface area (Å²) in [6, 6.07) is 9.58. The van der Waals surface area contributed by atoms with Gasteiger partial charge in [0, 0.05) is 19.6 Å².